The summed E-state index contributed by atoms with van der Waals surface area (Å²) in [5, 5.41) is 2.77. The second-order valence-electron chi connectivity index (χ2n) is 4.78. The van der Waals surface area contributed by atoms with Crippen molar-refractivity contribution in [2.24, 2.45) is 0 Å². The molecule has 0 saturated heterocycles. The zero-order valence-electron chi connectivity index (χ0n) is 12.3. The Labute approximate surface area is 119 Å². The third kappa shape index (κ3) is 4.60. The molecule has 1 aromatic rings. The van der Waals surface area contributed by atoms with Gasteiger partial charge in [0, 0.05) is 18.8 Å². The molecule has 3 N–H and O–H groups in total. The molecule has 20 heavy (non-hydrogen) atoms. The first-order chi connectivity index (χ1) is 9.47. The highest BCUT2D eigenvalue weighted by Gasteiger charge is 2.15. The van der Waals surface area contributed by atoms with Crippen molar-refractivity contribution in [2.45, 2.75) is 46.2 Å². The SMILES string of the molecule is CCCC(C)NC(=O)COC(=O)c1cc(N)cn1CC. The summed E-state index contributed by atoms with van der Waals surface area (Å²) in [6.07, 6.45) is 3.55. The number of nitrogens with one attached hydrogen (secondary N) is 1. The molecule has 0 saturated carbocycles. The van der Waals surface area contributed by atoms with Gasteiger partial charge in [-0.05, 0) is 26.3 Å². The molecule has 0 bridgehead atoms. The number of nitrogens with two attached hydrogens (primary N) is 1. The summed E-state index contributed by atoms with van der Waals surface area (Å²) < 4.78 is 6.69. The highest BCUT2D eigenvalue weighted by Crippen LogP contribution is 2.11. The summed E-state index contributed by atoms with van der Waals surface area (Å²) in [4.78, 5) is 23.5. The zero-order valence-corrected chi connectivity index (χ0v) is 12.3. The lowest BCUT2D eigenvalue weighted by atomic mass is 10.2. The van der Waals surface area contributed by atoms with Crippen LogP contribution in [0, 0.1) is 0 Å². The zero-order chi connectivity index (χ0) is 15.1. The van der Waals surface area contributed by atoms with E-state index in [9.17, 15) is 9.59 Å². The van der Waals surface area contributed by atoms with E-state index in [2.05, 4.69) is 5.32 Å². The topological polar surface area (TPSA) is 86.3 Å². The average molecular weight is 281 g/mol. The molecule has 0 fully saturated rings. The van der Waals surface area contributed by atoms with Gasteiger partial charge in [-0.3, -0.25) is 4.79 Å². The Balaban J connectivity index is 2.48. The molecule has 6 nitrogen and oxygen atoms in total. The summed E-state index contributed by atoms with van der Waals surface area (Å²) in [5.74, 6) is -0.830. The fourth-order valence-corrected chi connectivity index (χ4v) is 1.99. The Kier molecular flexibility index (Phi) is 6.09. The van der Waals surface area contributed by atoms with Crippen molar-refractivity contribution in [1.29, 1.82) is 0 Å². The van der Waals surface area contributed by atoms with Crippen LogP contribution in [0.15, 0.2) is 12.3 Å². The first-order valence-corrected chi connectivity index (χ1v) is 6.90. The van der Waals surface area contributed by atoms with Crippen LogP contribution in [0.2, 0.25) is 0 Å². The van der Waals surface area contributed by atoms with Crippen LogP contribution in [0.4, 0.5) is 5.69 Å². The number of anilines is 1. The minimum atomic E-state index is -0.540. The van der Waals surface area contributed by atoms with Crippen LogP contribution < -0.4 is 11.1 Å². The molecule has 1 unspecified atom stereocenters. The Morgan fingerprint density at radius 1 is 1.45 bits per heavy atom. The molecule has 0 aromatic carbocycles. The number of hydrogen-bond donors (Lipinski definition) is 2. The van der Waals surface area contributed by atoms with Crippen molar-refractivity contribution in [3.05, 3.63) is 18.0 Å². The van der Waals surface area contributed by atoms with Crippen molar-refractivity contribution in [1.82, 2.24) is 9.88 Å². The Bertz CT molecular complexity index is 468. The lowest BCUT2D eigenvalue weighted by molar-refractivity contribution is -0.124. The molecule has 1 atom stereocenters. The Morgan fingerprint density at radius 2 is 2.15 bits per heavy atom. The van der Waals surface area contributed by atoms with Crippen LogP contribution in [0.3, 0.4) is 0 Å². The van der Waals surface area contributed by atoms with Crippen LogP contribution in [0.25, 0.3) is 0 Å². The minimum Gasteiger partial charge on any atom is -0.451 e. The van der Waals surface area contributed by atoms with E-state index in [1.807, 2.05) is 20.8 Å². The molecular weight excluding hydrogens is 258 g/mol. The van der Waals surface area contributed by atoms with Crippen molar-refractivity contribution in [3.8, 4) is 0 Å². The van der Waals surface area contributed by atoms with Crippen molar-refractivity contribution < 1.29 is 14.3 Å². The van der Waals surface area contributed by atoms with Gasteiger partial charge in [0.1, 0.15) is 5.69 Å². The fourth-order valence-electron chi connectivity index (χ4n) is 1.99. The molecule has 0 aliphatic carbocycles. The maximum Gasteiger partial charge on any atom is 0.355 e. The summed E-state index contributed by atoms with van der Waals surface area (Å²) >= 11 is 0. The number of nitrogens with zero attached hydrogens (tertiary/aromatic N) is 1. The van der Waals surface area contributed by atoms with Crippen molar-refractivity contribution in [3.63, 3.8) is 0 Å². The first-order valence-electron chi connectivity index (χ1n) is 6.90. The predicted octanol–water partition coefficient (Wildman–Crippen LogP) is 1.55. The standard InChI is InChI=1S/C14H23N3O3/c1-4-6-10(3)16-13(18)9-20-14(19)12-7-11(15)8-17(12)5-2/h7-8,10H,4-6,9,15H2,1-3H3,(H,16,18). The molecule has 0 aliphatic heterocycles. The number of esters is 1. The molecule has 0 radical (unpaired) electrons. The second-order valence-corrected chi connectivity index (χ2v) is 4.78. The summed E-state index contributed by atoms with van der Waals surface area (Å²) in [7, 11) is 0. The molecule has 1 amide bonds. The molecule has 0 aliphatic rings. The lowest BCUT2D eigenvalue weighted by Gasteiger charge is -2.13. The van der Waals surface area contributed by atoms with Crippen LogP contribution in [0.1, 0.15) is 44.1 Å². The van der Waals surface area contributed by atoms with Crippen molar-refractivity contribution in [2.75, 3.05) is 12.3 Å². The largest absolute Gasteiger partial charge is 0.451 e. The van der Waals surface area contributed by atoms with E-state index in [0.29, 0.717) is 17.9 Å². The third-order valence-corrected chi connectivity index (χ3v) is 2.93. The van der Waals surface area contributed by atoms with Crippen LogP contribution >= 0.6 is 0 Å². The van der Waals surface area contributed by atoms with Gasteiger partial charge in [-0.15, -0.1) is 0 Å². The maximum absolute atomic E-state index is 11.9. The molecule has 1 rings (SSSR count). The van der Waals surface area contributed by atoms with Gasteiger partial charge in [-0.2, -0.15) is 0 Å². The molecule has 1 aromatic heterocycles. The van der Waals surface area contributed by atoms with E-state index in [1.165, 1.54) is 0 Å². The van der Waals surface area contributed by atoms with Gasteiger partial charge in [-0.1, -0.05) is 13.3 Å². The number of aryl methyl sites for hydroxylation is 1. The van der Waals surface area contributed by atoms with E-state index < -0.39 is 5.97 Å². The van der Waals surface area contributed by atoms with E-state index in [-0.39, 0.29) is 18.6 Å². The van der Waals surface area contributed by atoms with Crippen LogP contribution in [-0.2, 0) is 16.1 Å². The minimum absolute atomic E-state index is 0.0846. The Hall–Kier alpha value is -1.98. The Morgan fingerprint density at radius 3 is 2.75 bits per heavy atom. The molecule has 112 valence electrons. The quantitative estimate of drug-likeness (QED) is 0.742. The monoisotopic (exact) mass is 281 g/mol. The first kappa shape index (κ1) is 16.1. The highest BCUT2D eigenvalue weighted by atomic mass is 16.5. The summed E-state index contributed by atoms with van der Waals surface area (Å²) in [5.41, 5.74) is 6.50. The fraction of sp³-hybridized carbons (Fsp3) is 0.571. The molecule has 0 spiro atoms. The van der Waals surface area contributed by atoms with E-state index in [0.717, 1.165) is 12.8 Å². The molecular formula is C14H23N3O3. The van der Waals surface area contributed by atoms with Gasteiger partial charge in [0.2, 0.25) is 0 Å². The van der Waals surface area contributed by atoms with Crippen LogP contribution in [0.5, 0.6) is 0 Å². The van der Waals surface area contributed by atoms with Gasteiger partial charge in [0.25, 0.3) is 5.91 Å². The van der Waals surface area contributed by atoms with Crippen molar-refractivity contribution >= 4 is 17.6 Å². The van der Waals surface area contributed by atoms with E-state index >= 15 is 0 Å². The van der Waals surface area contributed by atoms with Gasteiger partial charge in [0.05, 0.1) is 5.69 Å². The number of rotatable bonds is 7. The summed E-state index contributed by atoms with van der Waals surface area (Å²) in [6, 6.07) is 1.63. The number of carbonyl (C=O) groups excluding carboxylic acids is 2. The van der Waals surface area contributed by atoms with Gasteiger partial charge >= 0.3 is 5.97 Å². The number of nitrogen functional groups attached to an aromatic ring is 1. The van der Waals surface area contributed by atoms with Gasteiger partial charge in [0.15, 0.2) is 6.61 Å². The normalized spacial score (nSPS) is 11.9. The number of ether oxygens (including phenoxy) is 1. The van der Waals surface area contributed by atoms with E-state index in [1.54, 1.807) is 16.8 Å². The highest BCUT2D eigenvalue weighted by molar-refractivity contribution is 5.91. The van der Waals surface area contributed by atoms with Gasteiger partial charge in [-0.25, -0.2) is 4.79 Å². The van der Waals surface area contributed by atoms with E-state index in [4.69, 9.17) is 10.5 Å². The molecule has 6 heteroatoms. The second kappa shape index (κ2) is 7.57. The number of carbonyl (C=O) groups is 2. The third-order valence-electron chi connectivity index (χ3n) is 2.93. The number of amides is 1. The predicted molar refractivity (Wildman–Crippen MR) is 77.3 cm³/mol. The van der Waals surface area contributed by atoms with Crippen LogP contribution in [-0.4, -0.2) is 29.1 Å². The smallest absolute Gasteiger partial charge is 0.355 e. The maximum atomic E-state index is 11.9. The molecule has 1 heterocycles. The average Bonchev–Trinajstić information content (AvgIpc) is 2.77. The van der Waals surface area contributed by atoms with Gasteiger partial charge < -0.3 is 20.4 Å². The lowest BCUT2D eigenvalue weighted by Crippen LogP contribution is -2.35. The number of hydrogen-bond acceptors (Lipinski definition) is 4. The summed E-state index contributed by atoms with van der Waals surface area (Å²) in [6.45, 7) is 6.20. The number of aromatic nitrogens is 1.